The van der Waals surface area contributed by atoms with Crippen LogP contribution in [-0.2, 0) is 19.9 Å². The van der Waals surface area contributed by atoms with Crippen LogP contribution in [0.1, 0.15) is 28.6 Å². The number of hydrogen-bond acceptors (Lipinski definition) is 3. The first-order chi connectivity index (χ1) is 9.97. The van der Waals surface area contributed by atoms with Gasteiger partial charge < -0.3 is 10.0 Å². The highest BCUT2D eigenvalue weighted by molar-refractivity contribution is 6.31. The second-order valence-corrected chi connectivity index (χ2v) is 6.13. The topological polar surface area (TPSA) is 41.3 Å². The van der Waals surface area contributed by atoms with E-state index in [2.05, 4.69) is 29.2 Å². The van der Waals surface area contributed by atoms with Crippen LogP contribution in [0, 0.1) is 6.92 Å². The van der Waals surface area contributed by atoms with E-state index < -0.39 is 6.10 Å². The Morgan fingerprint density at radius 2 is 2.14 bits per heavy atom. The van der Waals surface area contributed by atoms with Gasteiger partial charge in [0.1, 0.15) is 0 Å². The van der Waals surface area contributed by atoms with Crippen LogP contribution >= 0.6 is 11.6 Å². The summed E-state index contributed by atoms with van der Waals surface area (Å²) < 4.78 is 1.75. The van der Waals surface area contributed by atoms with E-state index in [-0.39, 0.29) is 0 Å². The maximum atomic E-state index is 10.5. The Morgan fingerprint density at radius 3 is 2.81 bits per heavy atom. The molecule has 0 fully saturated rings. The number of aliphatic hydroxyl groups is 1. The number of likely N-dealkylation sites (N-methyl/N-ethyl adjacent to an activating group) is 1. The SMILES string of the molecule is Cc1nn(C)c(CC(O)c2ccc3c(c2)CCN3C)c1Cl. The number of benzene rings is 1. The lowest BCUT2D eigenvalue weighted by atomic mass is 10.0. The predicted octanol–water partition coefficient (Wildman–Crippen LogP) is 2.65. The molecule has 1 aromatic heterocycles. The Morgan fingerprint density at radius 1 is 1.38 bits per heavy atom. The first-order valence-electron chi connectivity index (χ1n) is 7.17. The quantitative estimate of drug-likeness (QED) is 0.948. The molecular weight excluding hydrogens is 286 g/mol. The zero-order valence-corrected chi connectivity index (χ0v) is 13.4. The summed E-state index contributed by atoms with van der Waals surface area (Å²) >= 11 is 6.26. The highest BCUT2D eigenvalue weighted by atomic mass is 35.5. The number of aliphatic hydroxyl groups excluding tert-OH is 1. The van der Waals surface area contributed by atoms with Gasteiger partial charge in [0, 0.05) is 32.7 Å². The standard InChI is InChI=1S/C16H20ClN3O/c1-10-16(17)14(20(3)18-10)9-15(21)12-4-5-13-11(8-12)6-7-19(13)2/h4-5,8,15,21H,6-7,9H2,1-3H3. The van der Waals surface area contributed by atoms with Crippen LogP contribution in [0.25, 0.3) is 0 Å². The van der Waals surface area contributed by atoms with Gasteiger partial charge in [-0.3, -0.25) is 4.68 Å². The lowest BCUT2D eigenvalue weighted by Crippen LogP contribution is -2.12. The Balaban J connectivity index is 1.84. The van der Waals surface area contributed by atoms with Crippen molar-refractivity contribution in [1.82, 2.24) is 9.78 Å². The smallest absolute Gasteiger partial charge is 0.0848 e. The van der Waals surface area contributed by atoms with E-state index in [0.717, 1.165) is 29.9 Å². The van der Waals surface area contributed by atoms with Gasteiger partial charge in [-0.25, -0.2) is 0 Å². The molecule has 1 aromatic carbocycles. The van der Waals surface area contributed by atoms with Crippen molar-refractivity contribution in [3.63, 3.8) is 0 Å². The number of nitrogens with zero attached hydrogens (tertiary/aromatic N) is 3. The normalized spacial score (nSPS) is 15.4. The minimum absolute atomic E-state index is 0.477. The summed E-state index contributed by atoms with van der Waals surface area (Å²) in [7, 11) is 3.96. The molecule has 2 aromatic rings. The minimum Gasteiger partial charge on any atom is -0.388 e. The highest BCUT2D eigenvalue weighted by Crippen LogP contribution is 2.31. The molecule has 0 saturated carbocycles. The third-order valence-electron chi connectivity index (χ3n) is 4.26. The number of rotatable bonds is 3. The van der Waals surface area contributed by atoms with E-state index in [9.17, 15) is 5.11 Å². The monoisotopic (exact) mass is 305 g/mol. The van der Waals surface area contributed by atoms with Crippen LogP contribution in [0.2, 0.25) is 5.02 Å². The summed E-state index contributed by atoms with van der Waals surface area (Å²) in [6.45, 7) is 2.92. The maximum Gasteiger partial charge on any atom is 0.0848 e. The van der Waals surface area contributed by atoms with Gasteiger partial charge in [0.05, 0.1) is 22.5 Å². The van der Waals surface area contributed by atoms with Crippen molar-refractivity contribution < 1.29 is 5.11 Å². The van der Waals surface area contributed by atoms with Gasteiger partial charge in [-0.1, -0.05) is 23.7 Å². The Kier molecular flexibility index (Phi) is 3.68. The van der Waals surface area contributed by atoms with Crippen LogP contribution in [0.4, 0.5) is 5.69 Å². The summed E-state index contributed by atoms with van der Waals surface area (Å²) in [6.07, 6.45) is 0.955. The second kappa shape index (κ2) is 5.35. The second-order valence-electron chi connectivity index (χ2n) is 5.75. The zero-order valence-electron chi connectivity index (χ0n) is 12.6. The van der Waals surface area contributed by atoms with Gasteiger partial charge in [-0.2, -0.15) is 5.10 Å². The molecular formula is C16H20ClN3O. The van der Waals surface area contributed by atoms with Crippen molar-refractivity contribution >= 4 is 17.3 Å². The van der Waals surface area contributed by atoms with Crippen molar-refractivity contribution in [3.05, 3.63) is 45.7 Å². The van der Waals surface area contributed by atoms with Crippen LogP contribution in [0.5, 0.6) is 0 Å². The molecule has 112 valence electrons. The number of aryl methyl sites for hydroxylation is 2. The van der Waals surface area contributed by atoms with E-state index in [4.69, 9.17) is 11.6 Å². The molecule has 1 N–H and O–H groups in total. The van der Waals surface area contributed by atoms with Crippen molar-refractivity contribution in [2.24, 2.45) is 7.05 Å². The lowest BCUT2D eigenvalue weighted by molar-refractivity contribution is 0.176. The first kappa shape index (κ1) is 14.4. The summed E-state index contributed by atoms with van der Waals surface area (Å²) in [5.74, 6) is 0. The predicted molar refractivity (Wildman–Crippen MR) is 85.0 cm³/mol. The summed E-state index contributed by atoms with van der Waals surface area (Å²) in [5, 5.41) is 15.5. The number of halogens is 1. The molecule has 21 heavy (non-hydrogen) atoms. The fourth-order valence-corrected chi connectivity index (χ4v) is 3.23. The maximum absolute atomic E-state index is 10.5. The van der Waals surface area contributed by atoms with Crippen molar-refractivity contribution in [3.8, 4) is 0 Å². The molecule has 3 rings (SSSR count). The number of fused-ring (bicyclic) bond motifs is 1. The minimum atomic E-state index is -0.562. The molecule has 0 radical (unpaired) electrons. The van der Waals surface area contributed by atoms with Crippen molar-refractivity contribution in [2.45, 2.75) is 25.9 Å². The zero-order chi connectivity index (χ0) is 15.1. The van der Waals surface area contributed by atoms with Gasteiger partial charge in [0.2, 0.25) is 0 Å². The molecule has 1 aliphatic heterocycles. The molecule has 5 heteroatoms. The lowest BCUT2D eigenvalue weighted by Gasteiger charge is -2.15. The molecule has 0 spiro atoms. The number of hydrogen-bond donors (Lipinski definition) is 1. The van der Waals surface area contributed by atoms with Gasteiger partial charge in [0.25, 0.3) is 0 Å². The molecule has 0 aliphatic carbocycles. The summed E-state index contributed by atoms with van der Waals surface area (Å²) in [5.41, 5.74) is 5.19. The third kappa shape index (κ3) is 2.54. The van der Waals surface area contributed by atoms with Gasteiger partial charge in [-0.05, 0) is 30.5 Å². The first-order valence-corrected chi connectivity index (χ1v) is 7.55. The fraction of sp³-hybridized carbons (Fsp3) is 0.438. The highest BCUT2D eigenvalue weighted by Gasteiger charge is 2.20. The summed E-state index contributed by atoms with van der Waals surface area (Å²) in [6, 6.07) is 6.21. The fourth-order valence-electron chi connectivity index (χ4n) is 3.00. The van der Waals surface area contributed by atoms with Crippen LogP contribution < -0.4 is 4.90 Å². The molecule has 0 bridgehead atoms. The Bertz CT molecular complexity index is 680. The van der Waals surface area contributed by atoms with Gasteiger partial charge in [-0.15, -0.1) is 0 Å². The van der Waals surface area contributed by atoms with E-state index in [1.807, 2.05) is 20.0 Å². The Labute approximate surface area is 130 Å². The van der Waals surface area contributed by atoms with Crippen molar-refractivity contribution in [1.29, 1.82) is 0 Å². The van der Waals surface area contributed by atoms with Crippen LogP contribution in [-0.4, -0.2) is 28.5 Å². The number of aromatic nitrogens is 2. The molecule has 2 heterocycles. The van der Waals surface area contributed by atoms with E-state index in [1.54, 1.807) is 4.68 Å². The van der Waals surface area contributed by atoms with E-state index in [1.165, 1.54) is 11.3 Å². The van der Waals surface area contributed by atoms with Crippen LogP contribution in [0.3, 0.4) is 0 Å². The average Bonchev–Trinajstić information content (AvgIpc) is 2.94. The average molecular weight is 306 g/mol. The largest absolute Gasteiger partial charge is 0.388 e. The van der Waals surface area contributed by atoms with Gasteiger partial charge in [0.15, 0.2) is 0 Å². The number of anilines is 1. The third-order valence-corrected chi connectivity index (χ3v) is 4.76. The molecule has 1 unspecified atom stereocenters. The van der Waals surface area contributed by atoms with Crippen LogP contribution in [0.15, 0.2) is 18.2 Å². The summed E-state index contributed by atoms with van der Waals surface area (Å²) in [4.78, 5) is 2.24. The van der Waals surface area contributed by atoms with Gasteiger partial charge >= 0.3 is 0 Å². The van der Waals surface area contributed by atoms with Crippen molar-refractivity contribution in [2.75, 3.05) is 18.5 Å². The Hall–Kier alpha value is -1.52. The molecule has 0 saturated heterocycles. The molecule has 4 nitrogen and oxygen atoms in total. The van der Waals surface area contributed by atoms with E-state index in [0.29, 0.717) is 11.4 Å². The molecule has 1 atom stereocenters. The van der Waals surface area contributed by atoms with E-state index >= 15 is 0 Å². The molecule has 1 aliphatic rings. The molecule has 0 amide bonds.